The Balaban J connectivity index is 0.000000118. The second-order valence-corrected chi connectivity index (χ2v) is 32.9. The van der Waals surface area contributed by atoms with Gasteiger partial charge in [0, 0.05) is 171 Å². The molecule has 0 aliphatic carbocycles. The number of aromatic nitrogens is 6. The standard InChI is InChI=1S/3C41H30N4/c1-5-14-31(15-6-1)43(32-16-7-2-8-17-32)35-23-25-36(26-24-35)44(33-18-9-3-10-19-33)37-27-28-40-39(30-37)38-22-13-29-42-41(38)45(40)34-20-11-4-12-21-34;1-4-13-31(14-5-1)43(32-15-6-2-7-16-32)34-22-24-35(25-23-34)44(33-17-8-3-9-18-33)36-26-27-41-39(29-36)38-20-10-11-21-40(38)45(41)37-19-12-28-42-30-37;1-4-12-31(13-5-1)43(32-14-6-2-7-15-32)34-20-22-35(23-21-34)44(33-16-8-3-9-17-33)37-24-25-41-39(30-37)38-18-10-11-19-40(38)45(41)36-26-28-42-29-27-36/h3*1-30H. The van der Waals surface area contributed by atoms with Crippen LogP contribution in [0.15, 0.2) is 547 Å². The summed E-state index contributed by atoms with van der Waals surface area (Å²) in [5, 5.41) is 7.12. The Morgan fingerprint density at radius 2 is 0.363 bits per heavy atom. The second-order valence-electron chi connectivity index (χ2n) is 32.9. The van der Waals surface area contributed by atoms with E-state index in [9.17, 15) is 0 Å². The lowest BCUT2D eigenvalue weighted by atomic mass is 10.1. The van der Waals surface area contributed by atoms with Crippen molar-refractivity contribution in [1.82, 2.24) is 28.7 Å². The number of hydrogen-bond donors (Lipinski definition) is 0. The largest absolute Gasteiger partial charge is 0.311 e. The number of benzene rings is 18. The maximum Gasteiger partial charge on any atom is 0.145 e. The van der Waals surface area contributed by atoms with E-state index in [0.29, 0.717) is 0 Å². The summed E-state index contributed by atoms with van der Waals surface area (Å²) in [5.74, 6) is 0. The van der Waals surface area contributed by atoms with Crippen LogP contribution in [0.25, 0.3) is 82.6 Å². The molecule has 0 spiro atoms. The minimum absolute atomic E-state index is 0.952. The van der Waals surface area contributed by atoms with E-state index in [1.54, 1.807) is 0 Å². The van der Waals surface area contributed by atoms with Gasteiger partial charge >= 0.3 is 0 Å². The van der Waals surface area contributed by atoms with E-state index < -0.39 is 0 Å². The highest BCUT2D eigenvalue weighted by Crippen LogP contribution is 2.48. The van der Waals surface area contributed by atoms with Crippen LogP contribution in [0.5, 0.6) is 0 Å². The van der Waals surface area contributed by atoms with Gasteiger partial charge in [-0.3, -0.25) is 14.5 Å². The molecule has 0 unspecified atom stereocenters. The van der Waals surface area contributed by atoms with Crippen molar-refractivity contribution in [2.75, 3.05) is 29.4 Å². The van der Waals surface area contributed by atoms with E-state index in [2.05, 4.69) is 551 Å². The van der Waals surface area contributed by atoms with E-state index in [1.165, 1.54) is 27.1 Å². The van der Waals surface area contributed by atoms with Gasteiger partial charge in [-0.15, -0.1) is 0 Å². The first-order valence-electron chi connectivity index (χ1n) is 45.4. The molecule has 12 heteroatoms. The van der Waals surface area contributed by atoms with Crippen molar-refractivity contribution >= 4 is 168 Å². The summed E-state index contributed by atoms with van der Waals surface area (Å²) in [6, 6.07) is 182. The van der Waals surface area contributed by atoms with Crippen LogP contribution in [0.1, 0.15) is 0 Å². The average molecular weight is 1740 g/mol. The topological polar surface area (TPSA) is 72.9 Å². The Bertz CT molecular complexity index is 7230. The zero-order chi connectivity index (χ0) is 90.0. The molecular formula is C123H90N12. The molecule has 0 saturated heterocycles. The molecule has 135 heavy (non-hydrogen) atoms. The van der Waals surface area contributed by atoms with Crippen LogP contribution >= 0.6 is 0 Å². The summed E-state index contributed by atoms with van der Waals surface area (Å²) >= 11 is 0. The minimum Gasteiger partial charge on any atom is -0.311 e. The highest BCUT2D eigenvalue weighted by Gasteiger charge is 2.25. The fourth-order valence-corrected chi connectivity index (χ4v) is 18.7. The normalized spacial score (nSPS) is 11.1. The zero-order valence-electron chi connectivity index (χ0n) is 73.8. The molecule has 0 radical (unpaired) electrons. The van der Waals surface area contributed by atoms with Crippen LogP contribution in [0.4, 0.5) is 102 Å². The Morgan fingerprint density at radius 1 is 0.141 bits per heavy atom. The van der Waals surface area contributed by atoms with Gasteiger partial charge in [0.15, 0.2) is 0 Å². The summed E-state index contributed by atoms with van der Waals surface area (Å²) in [4.78, 5) is 27.3. The van der Waals surface area contributed by atoms with Crippen molar-refractivity contribution < 1.29 is 0 Å². The number of nitrogens with zero attached hydrogens (tertiary/aromatic N) is 12. The summed E-state index contributed by atoms with van der Waals surface area (Å²) in [6.45, 7) is 0. The molecule has 642 valence electrons. The monoisotopic (exact) mass is 1730 g/mol. The van der Waals surface area contributed by atoms with Crippen LogP contribution < -0.4 is 29.4 Å². The first-order valence-corrected chi connectivity index (χ1v) is 45.4. The Labute approximate surface area is 784 Å². The molecule has 18 aromatic carbocycles. The van der Waals surface area contributed by atoms with Gasteiger partial charge in [-0.1, -0.05) is 218 Å². The van der Waals surface area contributed by atoms with E-state index in [4.69, 9.17) is 4.98 Å². The summed E-state index contributed by atoms with van der Waals surface area (Å²) in [6.07, 6.45) is 9.31. The molecule has 0 aliphatic rings. The number of rotatable bonds is 21. The molecule has 0 fully saturated rings. The van der Waals surface area contributed by atoms with Gasteiger partial charge in [0.1, 0.15) is 5.65 Å². The third-order valence-electron chi connectivity index (χ3n) is 24.7. The van der Waals surface area contributed by atoms with Crippen LogP contribution in [-0.4, -0.2) is 28.7 Å². The fourth-order valence-electron chi connectivity index (χ4n) is 18.7. The predicted molar refractivity (Wildman–Crippen MR) is 564 cm³/mol. The van der Waals surface area contributed by atoms with E-state index in [1.807, 2.05) is 49.2 Å². The Hall–Kier alpha value is -18.4. The van der Waals surface area contributed by atoms with Gasteiger partial charge in [-0.2, -0.15) is 0 Å². The smallest absolute Gasteiger partial charge is 0.145 e. The number of pyridine rings is 3. The Kier molecular flexibility index (Phi) is 23.0. The highest BCUT2D eigenvalue weighted by atomic mass is 15.2. The lowest BCUT2D eigenvalue weighted by Gasteiger charge is -2.28. The van der Waals surface area contributed by atoms with E-state index in [-0.39, 0.29) is 0 Å². The quantitative estimate of drug-likeness (QED) is 0.0699. The Morgan fingerprint density at radius 3 is 0.674 bits per heavy atom. The van der Waals surface area contributed by atoms with Gasteiger partial charge in [0.05, 0.1) is 39.5 Å². The van der Waals surface area contributed by atoms with Crippen LogP contribution in [0.3, 0.4) is 0 Å². The van der Waals surface area contributed by atoms with E-state index >= 15 is 0 Å². The van der Waals surface area contributed by atoms with Gasteiger partial charge in [0.25, 0.3) is 0 Å². The third-order valence-corrected chi connectivity index (χ3v) is 24.7. The van der Waals surface area contributed by atoms with Gasteiger partial charge in [-0.05, 0) is 297 Å². The summed E-state index contributed by atoms with van der Waals surface area (Å²) in [5.41, 5.74) is 29.8. The van der Waals surface area contributed by atoms with Crippen LogP contribution in [-0.2, 0) is 0 Å². The SMILES string of the molecule is c1ccc(N(c2ccccc2)c2ccc(N(c3ccccc3)c3ccc4c(c3)c3ccccc3n4-c3cccnc3)cc2)cc1.c1ccc(N(c2ccccc2)c2ccc(N(c3ccccc3)c3ccc4c(c3)c3ccccc3n4-c3ccncc3)cc2)cc1.c1ccc(N(c2ccccc2)c2ccc(N(c3ccccc3)c3ccc4c(c3)c3cccnc3n4-c3ccccc3)cc2)cc1. The van der Waals surface area contributed by atoms with E-state index in [0.717, 1.165) is 158 Å². The van der Waals surface area contributed by atoms with Crippen molar-refractivity contribution in [2.24, 2.45) is 0 Å². The molecule has 0 amide bonds. The summed E-state index contributed by atoms with van der Waals surface area (Å²) in [7, 11) is 0. The predicted octanol–water partition coefficient (Wildman–Crippen LogP) is 33.4. The van der Waals surface area contributed by atoms with Gasteiger partial charge in [-0.25, -0.2) is 4.98 Å². The molecule has 0 saturated carbocycles. The van der Waals surface area contributed by atoms with Gasteiger partial charge in [0.2, 0.25) is 0 Å². The van der Waals surface area contributed by atoms with Crippen molar-refractivity contribution in [3.05, 3.63) is 547 Å². The number of fused-ring (bicyclic) bond motifs is 9. The van der Waals surface area contributed by atoms with Crippen LogP contribution in [0.2, 0.25) is 0 Å². The second kappa shape index (κ2) is 37.7. The first kappa shape index (κ1) is 82.3. The summed E-state index contributed by atoms with van der Waals surface area (Å²) < 4.78 is 6.86. The van der Waals surface area contributed by atoms with Gasteiger partial charge < -0.3 is 38.5 Å². The molecule has 24 rings (SSSR count). The molecule has 12 nitrogen and oxygen atoms in total. The average Bonchev–Trinajstić information content (AvgIpc) is 1.61. The number of para-hydroxylation sites is 12. The zero-order valence-corrected chi connectivity index (χ0v) is 73.8. The van der Waals surface area contributed by atoms with Crippen molar-refractivity contribution in [3.8, 4) is 17.1 Å². The highest BCUT2D eigenvalue weighted by molar-refractivity contribution is 6.13. The fraction of sp³-hybridized carbons (Fsp3) is 0. The minimum atomic E-state index is 0.952. The molecule has 24 aromatic rings. The maximum atomic E-state index is 4.81. The molecule has 6 heterocycles. The third kappa shape index (κ3) is 16.6. The lowest BCUT2D eigenvalue weighted by Crippen LogP contribution is -2.12. The van der Waals surface area contributed by atoms with Crippen molar-refractivity contribution in [3.63, 3.8) is 0 Å². The number of hydrogen-bond acceptors (Lipinski definition) is 9. The lowest BCUT2D eigenvalue weighted by molar-refractivity contribution is 1.13. The molecule has 0 bridgehead atoms. The first-order chi connectivity index (χ1) is 67.0. The van der Waals surface area contributed by atoms with Crippen molar-refractivity contribution in [2.45, 2.75) is 0 Å². The number of anilines is 18. The van der Waals surface area contributed by atoms with Crippen LogP contribution in [0, 0.1) is 0 Å². The van der Waals surface area contributed by atoms with Crippen molar-refractivity contribution in [1.29, 1.82) is 0 Å². The molecular weight excluding hydrogens is 1650 g/mol. The maximum absolute atomic E-state index is 4.81. The molecule has 0 aliphatic heterocycles. The molecule has 6 aromatic heterocycles. The molecule has 0 N–H and O–H groups in total. The molecule has 0 atom stereocenters.